The molecule has 1 aliphatic heterocycles. The third kappa shape index (κ3) is 5.51. The first-order valence-corrected chi connectivity index (χ1v) is 16.6. The number of hydrogen-bond acceptors (Lipinski definition) is 9. The molecule has 2 amide bonds. The Hall–Kier alpha value is -5.90. The first-order valence-electron chi connectivity index (χ1n) is 16.6. The lowest BCUT2D eigenvalue weighted by Gasteiger charge is -2.42. The van der Waals surface area contributed by atoms with Crippen LogP contribution in [0, 0.1) is 17.8 Å². The molecule has 7 rings (SSSR count). The van der Waals surface area contributed by atoms with Crippen LogP contribution in [0.1, 0.15) is 42.4 Å². The van der Waals surface area contributed by atoms with Gasteiger partial charge in [-0.25, -0.2) is 0 Å². The number of methoxy groups -OCH3 is 4. The Morgan fingerprint density at radius 3 is 2.12 bits per heavy atom. The maximum atomic E-state index is 14.4. The van der Waals surface area contributed by atoms with E-state index in [0.717, 1.165) is 16.7 Å². The minimum Gasteiger partial charge on any atom is -0.508 e. The normalized spacial score (nSPS) is 22.7. The number of Topliss-reactive ketones (excluding diaryl/α,β-unsaturated/α-hetero) is 1. The van der Waals surface area contributed by atoms with Crippen molar-refractivity contribution in [1.82, 2.24) is 0 Å². The van der Waals surface area contributed by atoms with Gasteiger partial charge >= 0.3 is 0 Å². The van der Waals surface area contributed by atoms with Gasteiger partial charge in [-0.15, -0.1) is 0 Å². The number of ketones is 2. The zero-order valence-electron chi connectivity index (χ0n) is 28.9. The summed E-state index contributed by atoms with van der Waals surface area (Å²) in [6.07, 6.45) is 7.50. The lowest BCUT2D eigenvalue weighted by molar-refractivity contribution is -0.123. The van der Waals surface area contributed by atoms with Crippen molar-refractivity contribution in [3.05, 3.63) is 106 Å². The van der Waals surface area contributed by atoms with Crippen molar-refractivity contribution >= 4 is 41.2 Å². The average Bonchev–Trinajstić information content (AvgIpc) is 3.40. The molecule has 4 aliphatic rings. The van der Waals surface area contributed by atoms with E-state index >= 15 is 0 Å². The Morgan fingerprint density at radius 1 is 0.784 bits per heavy atom. The standard InChI is InChI=1S/C41H37NO9/c1-21-16-31(44)30-20-29-27(36(37(30)39(21)45)38-33(50-4)18-25(43)19-34(38)51-5)13-14-28-35(29)41(47)42(40(28)46)24-10-7-22(8-11-24)6-9-23-17-26(48-2)12-15-32(23)49-3/h6-13,15-19,28-29,35-36,43H,14,20H2,1-5H3. The molecule has 0 aromatic heterocycles. The van der Waals surface area contributed by atoms with E-state index < -0.39 is 23.7 Å². The highest BCUT2D eigenvalue weighted by Gasteiger charge is 2.57. The van der Waals surface area contributed by atoms with Gasteiger partial charge in [0, 0.05) is 45.9 Å². The van der Waals surface area contributed by atoms with Crippen molar-refractivity contribution in [2.45, 2.75) is 25.7 Å². The third-order valence-corrected chi connectivity index (χ3v) is 10.4. The second-order valence-electron chi connectivity index (χ2n) is 13.0. The van der Waals surface area contributed by atoms with Crippen LogP contribution in [0.5, 0.6) is 28.7 Å². The van der Waals surface area contributed by atoms with E-state index in [1.165, 1.54) is 37.3 Å². The SMILES string of the molecule is COc1ccc(OC)c(C=Cc2ccc(N3C(=O)C4CC=C5C(c6c(OC)cc(O)cc6OC)C6=C(CC5C4C3=O)C(=O)C=C(C)C6=O)cc2)c1. The molecule has 0 bridgehead atoms. The summed E-state index contributed by atoms with van der Waals surface area (Å²) in [7, 11) is 6.10. The van der Waals surface area contributed by atoms with Gasteiger partial charge in [0.15, 0.2) is 11.6 Å². The van der Waals surface area contributed by atoms with E-state index in [2.05, 4.69) is 0 Å². The molecular formula is C41H37NO9. The summed E-state index contributed by atoms with van der Waals surface area (Å²) in [5.41, 5.74) is 4.29. The second kappa shape index (κ2) is 13.1. The van der Waals surface area contributed by atoms with Crippen molar-refractivity contribution < 1.29 is 43.2 Å². The molecule has 260 valence electrons. The fourth-order valence-corrected chi connectivity index (χ4v) is 8.05. The maximum Gasteiger partial charge on any atom is 0.238 e. The van der Waals surface area contributed by atoms with Gasteiger partial charge in [0.1, 0.15) is 28.7 Å². The molecule has 0 saturated carbocycles. The zero-order chi connectivity index (χ0) is 36.1. The number of nitrogens with zero attached hydrogens (tertiary/aromatic N) is 1. The quantitative estimate of drug-likeness (QED) is 0.127. The van der Waals surface area contributed by atoms with Crippen LogP contribution in [0.2, 0.25) is 0 Å². The Bertz CT molecular complexity index is 2100. The van der Waals surface area contributed by atoms with E-state index in [9.17, 15) is 24.3 Å². The number of aromatic hydroxyl groups is 1. The first-order chi connectivity index (χ1) is 24.6. The molecule has 3 aliphatic carbocycles. The van der Waals surface area contributed by atoms with Crippen LogP contribution in [0.3, 0.4) is 0 Å². The Labute approximate surface area is 295 Å². The summed E-state index contributed by atoms with van der Waals surface area (Å²) in [6, 6.07) is 15.6. The molecule has 4 atom stereocenters. The van der Waals surface area contributed by atoms with Gasteiger partial charge < -0.3 is 24.1 Å². The number of phenols is 1. The number of phenolic OH excluding ortho intramolecular Hbond substituents is 1. The number of anilines is 1. The smallest absolute Gasteiger partial charge is 0.238 e. The van der Waals surface area contributed by atoms with Crippen molar-refractivity contribution in [3.8, 4) is 28.7 Å². The second-order valence-corrected chi connectivity index (χ2v) is 13.0. The molecule has 4 unspecified atom stereocenters. The number of rotatable bonds is 8. The Morgan fingerprint density at radius 2 is 1.47 bits per heavy atom. The van der Waals surface area contributed by atoms with E-state index in [0.29, 0.717) is 39.5 Å². The van der Waals surface area contributed by atoms with Crippen molar-refractivity contribution in [2.75, 3.05) is 33.3 Å². The summed E-state index contributed by atoms with van der Waals surface area (Å²) in [5.74, 6) is -2.11. The molecule has 1 N–H and O–H groups in total. The van der Waals surface area contributed by atoms with Gasteiger partial charge in [-0.05, 0) is 67.7 Å². The van der Waals surface area contributed by atoms with E-state index in [1.807, 2.05) is 48.6 Å². The topological polar surface area (TPSA) is 129 Å². The summed E-state index contributed by atoms with van der Waals surface area (Å²) >= 11 is 0. The molecule has 3 aromatic rings. The van der Waals surface area contributed by atoms with Crippen LogP contribution in [0.15, 0.2) is 89.0 Å². The van der Waals surface area contributed by atoms with E-state index in [-0.39, 0.29) is 53.5 Å². The number of benzene rings is 3. The zero-order valence-corrected chi connectivity index (χ0v) is 28.9. The Balaban J connectivity index is 1.24. The number of carbonyl (C=O) groups is 4. The minimum absolute atomic E-state index is 0.0948. The number of ether oxygens (including phenoxy) is 4. The van der Waals surface area contributed by atoms with Crippen LogP contribution >= 0.6 is 0 Å². The maximum absolute atomic E-state index is 14.4. The lowest BCUT2D eigenvalue weighted by Crippen LogP contribution is -2.40. The van der Waals surface area contributed by atoms with Crippen LogP contribution in [-0.4, -0.2) is 56.9 Å². The largest absolute Gasteiger partial charge is 0.508 e. The molecule has 10 heteroatoms. The van der Waals surface area contributed by atoms with Crippen LogP contribution < -0.4 is 23.8 Å². The highest BCUT2D eigenvalue weighted by atomic mass is 16.5. The van der Waals surface area contributed by atoms with Crippen LogP contribution in [0.25, 0.3) is 12.2 Å². The van der Waals surface area contributed by atoms with Gasteiger partial charge in [0.25, 0.3) is 0 Å². The third-order valence-electron chi connectivity index (χ3n) is 10.4. The Kier molecular flexibility index (Phi) is 8.62. The molecule has 1 fully saturated rings. The van der Waals surface area contributed by atoms with Gasteiger partial charge in [-0.3, -0.25) is 24.1 Å². The van der Waals surface area contributed by atoms with Crippen LogP contribution in [0.4, 0.5) is 5.69 Å². The highest BCUT2D eigenvalue weighted by Crippen LogP contribution is 2.58. The number of carbonyl (C=O) groups excluding carboxylic acids is 4. The fraction of sp³-hybridized carbons (Fsp3) is 0.268. The van der Waals surface area contributed by atoms with E-state index in [4.69, 9.17) is 18.9 Å². The molecule has 0 radical (unpaired) electrons. The molecule has 3 aromatic carbocycles. The van der Waals surface area contributed by atoms with Crippen molar-refractivity contribution in [2.24, 2.45) is 17.8 Å². The number of fused-ring (bicyclic) bond motifs is 3. The summed E-state index contributed by atoms with van der Waals surface area (Å²) < 4.78 is 22.2. The van der Waals surface area contributed by atoms with Crippen molar-refractivity contribution in [1.29, 1.82) is 0 Å². The molecule has 51 heavy (non-hydrogen) atoms. The van der Waals surface area contributed by atoms with Crippen LogP contribution in [-0.2, 0) is 19.2 Å². The predicted molar refractivity (Wildman–Crippen MR) is 190 cm³/mol. The number of hydrogen-bond donors (Lipinski definition) is 1. The number of amides is 2. The van der Waals surface area contributed by atoms with Gasteiger partial charge in [0.05, 0.1) is 46.0 Å². The first kappa shape index (κ1) is 33.6. The molecular weight excluding hydrogens is 650 g/mol. The minimum atomic E-state index is -0.795. The van der Waals surface area contributed by atoms with Crippen molar-refractivity contribution in [3.63, 3.8) is 0 Å². The molecule has 10 nitrogen and oxygen atoms in total. The highest BCUT2D eigenvalue weighted by molar-refractivity contribution is 6.25. The number of allylic oxidation sites excluding steroid dienone is 6. The summed E-state index contributed by atoms with van der Waals surface area (Å²) in [6.45, 7) is 1.61. The van der Waals surface area contributed by atoms with Gasteiger partial charge in [0.2, 0.25) is 11.8 Å². The predicted octanol–water partition coefficient (Wildman–Crippen LogP) is 6.23. The lowest BCUT2D eigenvalue weighted by atomic mass is 9.59. The fourth-order valence-electron chi connectivity index (χ4n) is 8.05. The monoisotopic (exact) mass is 687 g/mol. The van der Waals surface area contributed by atoms with Gasteiger partial charge in [-0.1, -0.05) is 35.9 Å². The summed E-state index contributed by atoms with van der Waals surface area (Å²) in [4.78, 5) is 57.1. The molecule has 1 saturated heterocycles. The average molecular weight is 688 g/mol. The molecule has 1 heterocycles. The van der Waals surface area contributed by atoms with Gasteiger partial charge in [-0.2, -0.15) is 0 Å². The van der Waals surface area contributed by atoms with E-state index in [1.54, 1.807) is 33.3 Å². The summed E-state index contributed by atoms with van der Waals surface area (Å²) in [5, 5.41) is 10.4. The molecule has 0 spiro atoms. The number of imide groups is 1.